The van der Waals surface area contributed by atoms with Crippen molar-refractivity contribution in [1.29, 1.82) is 0 Å². The van der Waals surface area contributed by atoms with Crippen molar-refractivity contribution >= 4 is 46.5 Å². The number of sulfonamides is 1. The Hall–Kier alpha value is -4.08. The highest BCUT2D eigenvalue weighted by atomic mass is 32.2. The summed E-state index contributed by atoms with van der Waals surface area (Å²) >= 11 is 0. The topological polar surface area (TPSA) is 155 Å². The van der Waals surface area contributed by atoms with E-state index in [-0.39, 0.29) is 42.2 Å². The molecule has 3 heterocycles. The number of benzene rings is 1. The van der Waals surface area contributed by atoms with E-state index in [1.807, 2.05) is 0 Å². The molecule has 46 heavy (non-hydrogen) atoms. The van der Waals surface area contributed by atoms with Crippen LogP contribution in [0.1, 0.15) is 47.3 Å². The number of ether oxygens (including phenoxy) is 2. The quantitative estimate of drug-likeness (QED) is 0.179. The molecule has 12 nitrogen and oxygen atoms in total. The predicted molar refractivity (Wildman–Crippen MR) is 179 cm³/mol. The lowest BCUT2D eigenvalue weighted by Crippen LogP contribution is -2.28. The van der Waals surface area contributed by atoms with Gasteiger partial charge in [0.05, 0.1) is 37.5 Å². The lowest BCUT2D eigenvalue weighted by molar-refractivity contribution is 0.0967. The molecule has 3 aromatic heterocycles. The number of methoxy groups -OCH3 is 1. The van der Waals surface area contributed by atoms with Gasteiger partial charge in [-0.1, -0.05) is 25.7 Å². The molecule has 0 aliphatic heterocycles. The third-order valence-corrected chi connectivity index (χ3v) is 9.94. The number of hydrogen-bond acceptors (Lipinski definition) is 9. The largest absolute Gasteiger partial charge is 0.494 e. The third-order valence-electron chi connectivity index (χ3n) is 7.61. The van der Waals surface area contributed by atoms with Gasteiger partial charge in [0.1, 0.15) is 18.4 Å². The number of hydrogen-bond donors (Lipinski definition) is 2. The highest BCUT2D eigenvalue weighted by Crippen LogP contribution is 2.47. The van der Waals surface area contributed by atoms with Gasteiger partial charge in [-0.15, -0.1) is 0 Å². The number of halogens is 1. The molecule has 3 N–H and O–H groups in total. The summed E-state index contributed by atoms with van der Waals surface area (Å²) in [6, 6.07) is 8.40. The first kappa shape index (κ1) is 33.3. The Bertz CT molecular complexity index is 1890. The van der Waals surface area contributed by atoms with E-state index in [1.165, 1.54) is 26.3 Å². The Balaban J connectivity index is 1.70. The molecule has 1 amide bonds. The molecule has 0 radical (unpaired) electrons. The molecule has 15 heteroatoms. The van der Waals surface area contributed by atoms with E-state index in [0.29, 0.717) is 39.8 Å². The van der Waals surface area contributed by atoms with E-state index >= 15 is 4.39 Å². The highest BCUT2D eigenvalue weighted by Gasteiger charge is 2.30. The molecule has 1 aliphatic rings. The van der Waals surface area contributed by atoms with Crippen LogP contribution < -0.4 is 20.1 Å². The molecule has 1 fully saturated rings. The van der Waals surface area contributed by atoms with Gasteiger partial charge in [0.15, 0.2) is 17.3 Å². The number of aromatic nitrogens is 4. The smallest absolute Gasteiger partial charge is 0.269 e. The first-order valence-electron chi connectivity index (χ1n) is 15.0. The molecule has 246 valence electrons. The van der Waals surface area contributed by atoms with E-state index in [4.69, 9.17) is 20.2 Å². The zero-order chi connectivity index (χ0) is 33.4. The van der Waals surface area contributed by atoms with Gasteiger partial charge in [0.2, 0.25) is 10.0 Å². The number of primary amides is 1. The number of carbonyl (C=O) groups is 1. The minimum Gasteiger partial charge on any atom is -0.494 e. The van der Waals surface area contributed by atoms with Crippen molar-refractivity contribution in [2.24, 2.45) is 5.73 Å². The molecule has 0 spiro atoms. The van der Waals surface area contributed by atoms with E-state index in [9.17, 15) is 13.2 Å². The summed E-state index contributed by atoms with van der Waals surface area (Å²) in [6.07, 6.45) is 3.99. The fraction of sp³-hybridized carbons (Fsp3) is 0.419. The fourth-order valence-corrected chi connectivity index (χ4v) is 6.51. The van der Waals surface area contributed by atoms with Crippen LogP contribution in [0.25, 0.3) is 22.2 Å². The minimum atomic E-state index is -3.60. The molecule has 0 bridgehead atoms. The number of nitrogens with one attached hydrogen (secondary N) is 1. The summed E-state index contributed by atoms with van der Waals surface area (Å²) in [7, 11) is -1.97. The zero-order valence-corrected chi connectivity index (χ0v) is 28.7. The Kier molecular flexibility index (Phi) is 9.38. The van der Waals surface area contributed by atoms with Gasteiger partial charge in [-0.3, -0.25) is 9.52 Å². The lowest BCUT2D eigenvalue weighted by atomic mass is 9.98. The van der Waals surface area contributed by atoms with Crippen LogP contribution in [0.5, 0.6) is 5.75 Å². The molecule has 0 atom stereocenters. The number of anilines is 2. The number of amides is 1. The van der Waals surface area contributed by atoms with Gasteiger partial charge in [0.25, 0.3) is 5.91 Å². The van der Waals surface area contributed by atoms with E-state index in [0.717, 1.165) is 18.4 Å². The van der Waals surface area contributed by atoms with E-state index < -0.39 is 29.8 Å². The number of nitrogens with zero attached hydrogens (tertiary/aromatic N) is 5. The highest BCUT2D eigenvalue weighted by molar-refractivity contribution is 7.92. The van der Waals surface area contributed by atoms with Gasteiger partial charge in [-0.2, -0.15) is 5.10 Å². The maximum absolute atomic E-state index is 15.2. The van der Waals surface area contributed by atoms with Gasteiger partial charge >= 0.3 is 0 Å². The standard InChI is InChI=1S/C31H40FN7O5SSi/c1-7-45(41,42)37-30-20(9-8-12-34-30)16-38(2)31-27-25(39(36-28(27)29(33)40)17-44-18-46(4,5)6)15-24(35-31)22-13-23(32)26(43-3)14-21(22)19-10-11-19/h8-9,12-15,19H,7,10-11,16-18H2,1-6H3,(H2,33,40)(H,34,37). The number of rotatable bonds is 14. The molecule has 0 saturated heterocycles. The van der Waals surface area contributed by atoms with Gasteiger partial charge in [-0.25, -0.2) is 27.5 Å². The monoisotopic (exact) mass is 669 g/mol. The van der Waals surface area contributed by atoms with Crippen LogP contribution in [0.2, 0.25) is 19.6 Å². The first-order chi connectivity index (χ1) is 21.7. The maximum Gasteiger partial charge on any atom is 0.269 e. The van der Waals surface area contributed by atoms with E-state index in [1.54, 1.807) is 40.9 Å². The number of fused-ring (bicyclic) bond motifs is 1. The number of carbonyl (C=O) groups excluding carboxylic acids is 1. The number of pyridine rings is 2. The Morgan fingerprint density at radius 1 is 1.24 bits per heavy atom. The molecule has 1 saturated carbocycles. The normalized spacial score (nSPS) is 13.6. The summed E-state index contributed by atoms with van der Waals surface area (Å²) in [5.74, 6) is -0.461. The van der Waals surface area contributed by atoms with Crippen molar-refractivity contribution in [3.05, 3.63) is 59.2 Å². The second-order valence-electron chi connectivity index (χ2n) is 12.7. The maximum atomic E-state index is 15.2. The summed E-state index contributed by atoms with van der Waals surface area (Å²) in [4.78, 5) is 23.8. The minimum absolute atomic E-state index is 0.00827. The molecular weight excluding hydrogens is 630 g/mol. The first-order valence-corrected chi connectivity index (χ1v) is 20.4. The molecular formula is C31H40FN7O5SSi. The second kappa shape index (κ2) is 13.0. The van der Waals surface area contributed by atoms with Gasteiger partial charge in [0, 0.05) is 37.1 Å². The lowest BCUT2D eigenvalue weighted by Gasteiger charge is -2.22. The number of nitrogens with two attached hydrogens (primary N) is 1. The molecule has 1 aromatic carbocycles. The van der Waals surface area contributed by atoms with Gasteiger partial charge < -0.3 is 20.1 Å². The fourth-order valence-electron chi connectivity index (χ4n) is 5.18. The van der Waals surface area contributed by atoms with E-state index in [2.05, 4.69) is 34.4 Å². The molecule has 1 aliphatic carbocycles. The predicted octanol–water partition coefficient (Wildman–Crippen LogP) is 4.87. The summed E-state index contributed by atoms with van der Waals surface area (Å²) < 4.78 is 55.5. The van der Waals surface area contributed by atoms with Gasteiger partial charge in [-0.05, 0) is 55.5 Å². The van der Waals surface area contributed by atoms with Crippen LogP contribution in [0.3, 0.4) is 0 Å². The average molecular weight is 670 g/mol. The van der Waals surface area contributed by atoms with Crippen LogP contribution in [-0.4, -0.2) is 68.3 Å². The average Bonchev–Trinajstić information content (AvgIpc) is 3.77. The summed E-state index contributed by atoms with van der Waals surface area (Å²) in [6.45, 7) is 8.31. The Labute approximate surface area is 269 Å². The van der Waals surface area contributed by atoms with Crippen LogP contribution >= 0.6 is 0 Å². The van der Waals surface area contributed by atoms with Crippen molar-refractivity contribution in [3.63, 3.8) is 0 Å². The van der Waals surface area contributed by atoms with Crippen molar-refractivity contribution in [2.75, 3.05) is 35.8 Å². The third kappa shape index (κ3) is 7.31. The summed E-state index contributed by atoms with van der Waals surface area (Å²) in [5.41, 5.74) is 8.95. The summed E-state index contributed by atoms with van der Waals surface area (Å²) in [5, 5.41) is 4.95. The Morgan fingerprint density at radius 3 is 2.61 bits per heavy atom. The van der Waals surface area contributed by atoms with Crippen LogP contribution in [0.4, 0.5) is 16.0 Å². The molecule has 5 rings (SSSR count). The molecule has 4 aromatic rings. The van der Waals surface area contributed by atoms with Crippen molar-refractivity contribution in [2.45, 2.75) is 58.6 Å². The SMILES string of the molecule is CCS(=O)(=O)Nc1ncccc1CN(C)c1nc(-c2cc(F)c(OC)cc2C2CC2)cc2c1c(C(N)=O)nn2COC[Si](C)(C)C. The van der Waals surface area contributed by atoms with Crippen molar-refractivity contribution < 1.29 is 27.1 Å². The zero-order valence-electron chi connectivity index (χ0n) is 26.9. The van der Waals surface area contributed by atoms with Crippen molar-refractivity contribution in [3.8, 4) is 17.0 Å². The van der Waals surface area contributed by atoms with Crippen LogP contribution in [0.15, 0.2) is 36.5 Å². The van der Waals surface area contributed by atoms with Crippen molar-refractivity contribution in [1.82, 2.24) is 19.7 Å². The van der Waals surface area contributed by atoms with Crippen LogP contribution in [0, 0.1) is 5.82 Å². The Morgan fingerprint density at radius 2 is 1.98 bits per heavy atom. The molecule has 0 unspecified atom stereocenters. The van der Waals surface area contributed by atoms with Crippen LogP contribution in [-0.2, 0) is 28.0 Å². The second-order valence-corrected chi connectivity index (χ2v) is 20.1.